The molecule has 2 aromatic heterocycles. The Morgan fingerprint density at radius 1 is 0.857 bits per heavy atom. The van der Waals surface area contributed by atoms with E-state index in [0.29, 0.717) is 24.3 Å². The summed E-state index contributed by atoms with van der Waals surface area (Å²) in [5, 5.41) is 0. The first kappa shape index (κ1) is 23.0. The number of hydrogen-bond acceptors (Lipinski definition) is 5. The maximum atomic E-state index is 13.3. The minimum absolute atomic E-state index is 0.236. The second-order valence-corrected chi connectivity index (χ2v) is 9.22. The van der Waals surface area contributed by atoms with Crippen LogP contribution < -0.4 is 16.1 Å². The van der Waals surface area contributed by atoms with Crippen LogP contribution in [-0.4, -0.2) is 49.8 Å². The number of benzene rings is 2. The third kappa shape index (κ3) is 4.39. The predicted octanol–water partition coefficient (Wildman–Crippen LogP) is 2.25. The Labute approximate surface area is 202 Å². The van der Waals surface area contributed by atoms with E-state index >= 15 is 0 Å². The zero-order valence-corrected chi connectivity index (χ0v) is 20.2. The first-order valence-electron chi connectivity index (χ1n) is 11.8. The molecule has 0 bridgehead atoms. The molecule has 0 saturated carbocycles. The van der Waals surface area contributed by atoms with Gasteiger partial charge in [-0.3, -0.25) is 18.8 Å². The van der Waals surface area contributed by atoms with Crippen LogP contribution in [0.2, 0.25) is 0 Å². The van der Waals surface area contributed by atoms with Gasteiger partial charge in [0.15, 0.2) is 11.2 Å². The topological polar surface area (TPSA) is 68.3 Å². The van der Waals surface area contributed by atoms with Gasteiger partial charge in [0.25, 0.3) is 5.56 Å². The molecule has 182 valence electrons. The van der Waals surface area contributed by atoms with Crippen molar-refractivity contribution >= 4 is 16.9 Å². The highest BCUT2D eigenvalue weighted by molar-refractivity contribution is 5.71. The van der Waals surface area contributed by atoms with Crippen LogP contribution >= 0.6 is 0 Å². The smallest absolute Gasteiger partial charge is 0.332 e. The molecule has 8 nitrogen and oxygen atoms in total. The van der Waals surface area contributed by atoms with Crippen molar-refractivity contribution in [2.75, 3.05) is 31.1 Å². The number of imidazole rings is 1. The molecule has 1 aliphatic heterocycles. The summed E-state index contributed by atoms with van der Waals surface area (Å²) in [6.45, 7) is 6.33. The summed E-state index contributed by atoms with van der Waals surface area (Å²) in [5.41, 5.74) is 3.36. The number of piperazine rings is 1. The molecular weight excluding hydrogens is 447 g/mol. The first-order chi connectivity index (χ1) is 16.8. The highest BCUT2D eigenvalue weighted by Gasteiger charge is 2.23. The van der Waals surface area contributed by atoms with E-state index in [2.05, 4.69) is 34.1 Å². The SMILES string of the molecule is Cc1ccc(Cn2c(CN3CCN(c4ccc(F)cc4)CC3)nc3c2c(=O)n(C)c(=O)n3C)cc1. The van der Waals surface area contributed by atoms with E-state index in [1.54, 1.807) is 7.05 Å². The van der Waals surface area contributed by atoms with Crippen LogP contribution in [0.3, 0.4) is 0 Å². The Morgan fingerprint density at radius 3 is 2.17 bits per heavy atom. The summed E-state index contributed by atoms with van der Waals surface area (Å²) in [4.78, 5) is 35.0. The van der Waals surface area contributed by atoms with Crippen molar-refractivity contribution in [2.24, 2.45) is 14.1 Å². The standard InChI is InChI=1S/C26H29FN6O2/c1-18-4-6-19(7-5-18)16-33-22(28-24-23(33)25(34)30(3)26(35)29(24)2)17-31-12-14-32(15-13-31)21-10-8-20(27)9-11-21/h4-11H,12-17H2,1-3H3. The van der Waals surface area contributed by atoms with E-state index in [9.17, 15) is 14.0 Å². The monoisotopic (exact) mass is 476 g/mol. The van der Waals surface area contributed by atoms with E-state index in [1.165, 1.54) is 29.3 Å². The van der Waals surface area contributed by atoms with E-state index in [0.717, 1.165) is 47.8 Å². The van der Waals surface area contributed by atoms with E-state index in [4.69, 9.17) is 4.98 Å². The Balaban J connectivity index is 1.46. The molecule has 0 aliphatic carbocycles. The number of aryl methyl sites for hydroxylation is 2. The van der Waals surface area contributed by atoms with E-state index in [-0.39, 0.29) is 17.1 Å². The van der Waals surface area contributed by atoms with Crippen LogP contribution in [0.4, 0.5) is 10.1 Å². The van der Waals surface area contributed by atoms with Gasteiger partial charge in [-0.15, -0.1) is 0 Å². The molecule has 0 N–H and O–H groups in total. The van der Waals surface area contributed by atoms with Crippen LogP contribution in [0.1, 0.15) is 17.0 Å². The van der Waals surface area contributed by atoms with Crippen LogP contribution in [-0.2, 0) is 27.2 Å². The van der Waals surface area contributed by atoms with Crippen molar-refractivity contribution in [2.45, 2.75) is 20.0 Å². The normalized spacial score (nSPS) is 14.7. The quantitative estimate of drug-likeness (QED) is 0.442. The van der Waals surface area contributed by atoms with Gasteiger partial charge < -0.3 is 9.47 Å². The number of rotatable bonds is 5. The molecular formula is C26H29FN6O2. The predicted molar refractivity (Wildman–Crippen MR) is 134 cm³/mol. The molecule has 0 unspecified atom stereocenters. The zero-order chi connectivity index (χ0) is 24.7. The maximum absolute atomic E-state index is 13.3. The summed E-state index contributed by atoms with van der Waals surface area (Å²) in [5.74, 6) is 0.523. The van der Waals surface area contributed by atoms with Crippen LogP contribution in [0, 0.1) is 12.7 Å². The summed E-state index contributed by atoms with van der Waals surface area (Å²) < 4.78 is 17.8. The number of anilines is 1. The second-order valence-electron chi connectivity index (χ2n) is 9.22. The highest BCUT2D eigenvalue weighted by atomic mass is 19.1. The largest absolute Gasteiger partial charge is 0.369 e. The molecule has 35 heavy (non-hydrogen) atoms. The van der Waals surface area contributed by atoms with Gasteiger partial charge in [-0.2, -0.15) is 0 Å². The molecule has 4 aromatic rings. The number of nitrogens with zero attached hydrogens (tertiary/aromatic N) is 6. The summed E-state index contributed by atoms with van der Waals surface area (Å²) in [7, 11) is 3.15. The van der Waals surface area contributed by atoms with Crippen LogP contribution in [0.5, 0.6) is 0 Å². The summed E-state index contributed by atoms with van der Waals surface area (Å²) in [6.07, 6.45) is 0. The molecule has 9 heteroatoms. The molecule has 2 aromatic carbocycles. The van der Waals surface area contributed by atoms with Gasteiger partial charge in [0.05, 0.1) is 6.54 Å². The summed E-state index contributed by atoms with van der Waals surface area (Å²) in [6, 6.07) is 14.8. The lowest BCUT2D eigenvalue weighted by atomic mass is 10.1. The Kier molecular flexibility index (Phi) is 6.02. The van der Waals surface area contributed by atoms with Gasteiger partial charge in [-0.1, -0.05) is 29.8 Å². The van der Waals surface area contributed by atoms with Gasteiger partial charge in [0.2, 0.25) is 0 Å². The molecule has 1 saturated heterocycles. The molecule has 1 aliphatic rings. The molecule has 0 spiro atoms. The van der Waals surface area contributed by atoms with Gasteiger partial charge >= 0.3 is 5.69 Å². The molecule has 0 atom stereocenters. The molecule has 1 fully saturated rings. The van der Waals surface area contributed by atoms with Crippen molar-refractivity contribution in [1.82, 2.24) is 23.6 Å². The fraction of sp³-hybridized carbons (Fsp3) is 0.346. The highest BCUT2D eigenvalue weighted by Crippen LogP contribution is 2.20. The van der Waals surface area contributed by atoms with E-state index in [1.807, 2.05) is 23.6 Å². The minimum Gasteiger partial charge on any atom is -0.369 e. The number of hydrogen-bond donors (Lipinski definition) is 0. The van der Waals surface area contributed by atoms with Crippen molar-refractivity contribution in [3.8, 4) is 0 Å². The molecule has 0 amide bonds. The number of halogens is 1. The van der Waals surface area contributed by atoms with Crippen LogP contribution in [0.15, 0.2) is 58.1 Å². The average Bonchev–Trinajstić information content (AvgIpc) is 3.21. The average molecular weight is 477 g/mol. The molecule has 0 radical (unpaired) electrons. The van der Waals surface area contributed by atoms with Gasteiger partial charge in [-0.05, 0) is 36.8 Å². The lowest BCUT2D eigenvalue weighted by Gasteiger charge is -2.36. The minimum atomic E-state index is -0.387. The maximum Gasteiger partial charge on any atom is 0.332 e. The number of aromatic nitrogens is 4. The van der Waals surface area contributed by atoms with Crippen molar-refractivity contribution in [1.29, 1.82) is 0 Å². The fourth-order valence-corrected chi connectivity index (χ4v) is 4.67. The van der Waals surface area contributed by atoms with Gasteiger partial charge in [-0.25, -0.2) is 14.2 Å². The third-order valence-electron chi connectivity index (χ3n) is 6.82. The van der Waals surface area contributed by atoms with Crippen molar-refractivity contribution < 1.29 is 4.39 Å². The Bertz CT molecular complexity index is 1480. The lowest BCUT2D eigenvalue weighted by Crippen LogP contribution is -2.46. The third-order valence-corrected chi connectivity index (χ3v) is 6.82. The molecule has 5 rings (SSSR count). The van der Waals surface area contributed by atoms with Crippen molar-refractivity contribution in [3.05, 3.63) is 92.1 Å². The number of fused-ring (bicyclic) bond motifs is 1. The van der Waals surface area contributed by atoms with Gasteiger partial charge in [0.1, 0.15) is 11.6 Å². The first-order valence-corrected chi connectivity index (χ1v) is 11.8. The fourth-order valence-electron chi connectivity index (χ4n) is 4.67. The van der Waals surface area contributed by atoms with Crippen molar-refractivity contribution in [3.63, 3.8) is 0 Å². The van der Waals surface area contributed by atoms with Crippen LogP contribution in [0.25, 0.3) is 11.2 Å². The molecule has 3 heterocycles. The summed E-state index contributed by atoms with van der Waals surface area (Å²) >= 11 is 0. The zero-order valence-electron chi connectivity index (χ0n) is 20.2. The Hall–Kier alpha value is -3.72. The van der Waals surface area contributed by atoms with Gasteiger partial charge in [0, 0.05) is 52.5 Å². The Morgan fingerprint density at radius 2 is 1.51 bits per heavy atom. The lowest BCUT2D eigenvalue weighted by molar-refractivity contribution is 0.241. The van der Waals surface area contributed by atoms with E-state index < -0.39 is 0 Å². The second kappa shape index (κ2) is 9.14.